The molecule has 0 aromatic heterocycles. The number of anilines is 2. The van der Waals surface area contributed by atoms with Gasteiger partial charge in [-0.15, -0.1) is 0 Å². The lowest BCUT2D eigenvalue weighted by molar-refractivity contribution is -0.123. The van der Waals surface area contributed by atoms with Crippen LogP contribution in [0.15, 0.2) is 12.1 Å². The lowest BCUT2D eigenvalue weighted by Crippen LogP contribution is -2.37. The van der Waals surface area contributed by atoms with Gasteiger partial charge >= 0.3 is 0 Å². The smallest absolute Gasteiger partial charge is 0.265 e. The molecule has 1 amide bonds. The molecule has 1 heterocycles. The standard InChI is InChI=1S/C12H15FN2O2/c1-2-3-4-10-12(16)15-9-6-8(14)7(13)5-11(9)17-10/h5-6,10H,2-4,14H2,1H3,(H,15,16). The van der Waals surface area contributed by atoms with Gasteiger partial charge in [0.2, 0.25) is 0 Å². The first-order chi connectivity index (χ1) is 8.11. The van der Waals surface area contributed by atoms with Crippen molar-refractivity contribution >= 4 is 17.3 Å². The van der Waals surface area contributed by atoms with Gasteiger partial charge in [-0.05, 0) is 18.9 Å². The summed E-state index contributed by atoms with van der Waals surface area (Å²) in [4.78, 5) is 11.7. The number of amides is 1. The number of hydrogen-bond donors (Lipinski definition) is 2. The Kier molecular flexibility index (Phi) is 3.17. The molecule has 92 valence electrons. The average molecular weight is 238 g/mol. The lowest BCUT2D eigenvalue weighted by Gasteiger charge is -2.26. The van der Waals surface area contributed by atoms with Crippen molar-refractivity contribution in [1.29, 1.82) is 0 Å². The van der Waals surface area contributed by atoms with Crippen molar-refractivity contribution in [2.75, 3.05) is 11.1 Å². The minimum atomic E-state index is -0.537. The highest BCUT2D eigenvalue weighted by Crippen LogP contribution is 2.34. The maximum absolute atomic E-state index is 13.3. The van der Waals surface area contributed by atoms with Crippen LogP contribution in [0, 0.1) is 5.82 Å². The first kappa shape index (κ1) is 11.7. The maximum Gasteiger partial charge on any atom is 0.265 e. The number of benzene rings is 1. The fourth-order valence-corrected chi connectivity index (χ4v) is 1.77. The van der Waals surface area contributed by atoms with Crippen molar-refractivity contribution in [3.05, 3.63) is 17.9 Å². The number of halogens is 1. The van der Waals surface area contributed by atoms with E-state index in [0.29, 0.717) is 17.9 Å². The third-order valence-corrected chi connectivity index (χ3v) is 2.74. The molecule has 2 rings (SSSR count). The van der Waals surface area contributed by atoms with E-state index in [2.05, 4.69) is 5.32 Å². The molecule has 1 unspecified atom stereocenters. The number of rotatable bonds is 3. The van der Waals surface area contributed by atoms with Gasteiger partial charge in [-0.2, -0.15) is 0 Å². The highest BCUT2D eigenvalue weighted by Gasteiger charge is 2.27. The second-order valence-corrected chi connectivity index (χ2v) is 4.11. The molecule has 1 aliphatic rings. The zero-order valence-electron chi connectivity index (χ0n) is 9.63. The van der Waals surface area contributed by atoms with Gasteiger partial charge in [-0.3, -0.25) is 4.79 Å². The predicted octanol–water partition coefficient (Wildman–Crippen LogP) is 2.30. The first-order valence-corrected chi connectivity index (χ1v) is 5.68. The van der Waals surface area contributed by atoms with Crippen molar-refractivity contribution in [2.45, 2.75) is 32.3 Å². The van der Waals surface area contributed by atoms with Gasteiger partial charge in [0.05, 0.1) is 11.4 Å². The number of unbranched alkanes of at least 4 members (excludes halogenated alkanes) is 1. The van der Waals surface area contributed by atoms with Crippen LogP contribution < -0.4 is 15.8 Å². The molecule has 0 saturated carbocycles. The minimum Gasteiger partial charge on any atom is -0.478 e. The molecule has 1 aliphatic heterocycles. The third kappa shape index (κ3) is 2.33. The van der Waals surface area contributed by atoms with E-state index < -0.39 is 11.9 Å². The number of nitrogens with one attached hydrogen (secondary N) is 1. The summed E-state index contributed by atoms with van der Waals surface area (Å²) in [5.41, 5.74) is 5.85. The van der Waals surface area contributed by atoms with Crippen LogP contribution in [0.25, 0.3) is 0 Å². The lowest BCUT2D eigenvalue weighted by atomic mass is 10.1. The average Bonchev–Trinajstić information content (AvgIpc) is 2.29. The Hall–Kier alpha value is -1.78. The van der Waals surface area contributed by atoms with Gasteiger partial charge in [0.1, 0.15) is 11.6 Å². The molecule has 0 bridgehead atoms. The van der Waals surface area contributed by atoms with Crippen molar-refractivity contribution in [1.82, 2.24) is 0 Å². The molecule has 0 spiro atoms. The Bertz CT molecular complexity index is 448. The Labute approximate surface area is 98.9 Å². The largest absolute Gasteiger partial charge is 0.478 e. The molecular formula is C12H15FN2O2. The van der Waals surface area contributed by atoms with E-state index in [-0.39, 0.29) is 11.6 Å². The van der Waals surface area contributed by atoms with Gasteiger partial charge < -0.3 is 15.8 Å². The molecule has 0 fully saturated rings. The zero-order chi connectivity index (χ0) is 12.4. The summed E-state index contributed by atoms with van der Waals surface area (Å²) in [6, 6.07) is 2.58. The third-order valence-electron chi connectivity index (χ3n) is 2.74. The molecule has 5 heteroatoms. The van der Waals surface area contributed by atoms with Gasteiger partial charge in [0, 0.05) is 6.07 Å². The van der Waals surface area contributed by atoms with E-state index in [9.17, 15) is 9.18 Å². The Morgan fingerprint density at radius 3 is 3.00 bits per heavy atom. The minimum absolute atomic E-state index is 0.000316. The van der Waals surface area contributed by atoms with E-state index in [4.69, 9.17) is 10.5 Å². The summed E-state index contributed by atoms with van der Waals surface area (Å²) in [7, 11) is 0. The number of fused-ring (bicyclic) bond motifs is 1. The van der Waals surface area contributed by atoms with Crippen LogP contribution in [0.2, 0.25) is 0 Å². The van der Waals surface area contributed by atoms with Crippen LogP contribution in [0.4, 0.5) is 15.8 Å². The second-order valence-electron chi connectivity index (χ2n) is 4.11. The molecule has 1 aromatic carbocycles. The van der Waals surface area contributed by atoms with Crippen LogP contribution in [0.5, 0.6) is 5.75 Å². The molecule has 17 heavy (non-hydrogen) atoms. The van der Waals surface area contributed by atoms with Crippen LogP contribution in [-0.2, 0) is 4.79 Å². The second kappa shape index (κ2) is 4.61. The van der Waals surface area contributed by atoms with Crippen molar-refractivity contribution < 1.29 is 13.9 Å². The first-order valence-electron chi connectivity index (χ1n) is 5.68. The number of carbonyl (C=O) groups is 1. The highest BCUT2D eigenvalue weighted by molar-refractivity contribution is 5.98. The van der Waals surface area contributed by atoms with E-state index in [1.165, 1.54) is 12.1 Å². The van der Waals surface area contributed by atoms with Crippen molar-refractivity contribution in [2.24, 2.45) is 0 Å². The van der Waals surface area contributed by atoms with E-state index >= 15 is 0 Å². The summed E-state index contributed by atoms with van der Waals surface area (Å²) in [5, 5.41) is 2.68. The van der Waals surface area contributed by atoms with E-state index in [1.54, 1.807) is 0 Å². The Balaban J connectivity index is 2.22. The Morgan fingerprint density at radius 1 is 1.53 bits per heavy atom. The van der Waals surface area contributed by atoms with Crippen LogP contribution in [-0.4, -0.2) is 12.0 Å². The molecule has 0 radical (unpaired) electrons. The summed E-state index contributed by atoms with van der Waals surface area (Å²) in [5.74, 6) is -0.386. The van der Waals surface area contributed by atoms with Crippen LogP contribution in [0.3, 0.4) is 0 Å². The SMILES string of the molecule is CCCCC1Oc2cc(F)c(N)cc2NC1=O. The quantitative estimate of drug-likeness (QED) is 0.794. The van der Waals surface area contributed by atoms with Crippen LogP contribution >= 0.6 is 0 Å². The summed E-state index contributed by atoms with van der Waals surface area (Å²) >= 11 is 0. The molecule has 3 N–H and O–H groups in total. The molecule has 0 saturated heterocycles. The van der Waals surface area contributed by atoms with Crippen molar-refractivity contribution in [3.8, 4) is 5.75 Å². The van der Waals surface area contributed by atoms with Crippen molar-refractivity contribution in [3.63, 3.8) is 0 Å². The number of nitrogens with two attached hydrogens (primary N) is 1. The van der Waals surface area contributed by atoms with Gasteiger partial charge in [0.15, 0.2) is 6.10 Å². The van der Waals surface area contributed by atoms with Gasteiger partial charge in [-0.1, -0.05) is 13.3 Å². The summed E-state index contributed by atoms with van der Waals surface area (Å²) in [6.07, 6.45) is 1.97. The fraction of sp³-hybridized carbons (Fsp3) is 0.417. The van der Waals surface area contributed by atoms with E-state index in [1.807, 2.05) is 6.92 Å². The number of nitrogen functional groups attached to an aromatic ring is 1. The monoisotopic (exact) mass is 238 g/mol. The number of ether oxygens (including phenoxy) is 1. The predicted molar refractivity (Wildman–Crippen MR) is 63.4 cm³/mol. The summed E-state index contributed by atoms with van der Waals surface area (Å²) < 4.78 is 18.7. The Morgan fingerprint density at radius 2 is 2.29 bits per heavy atom. The zero-order valence-corrected chi connectivity index (χ0v) is 9.63. The fourth-order valence-electron chi connectivity index (χ4n) is 1.77. The topological polar surface area (TPSA) is 64.3 Å². The van der Waals surface area contributed by atoms with Gasteiger partial charge in [0.25, 0.3) is 5.91 Å². The molecule has 1 atom stereocenters. The van der Waals surface area contributed by atoms with Crippen LogP contribution in [0.1, 0.15) is 26.2 Å². The number of carbonyl (C=O) groups excluding carboxylic acids is 1. The highest BCUT2D eigenvalue weighted by atomic mass is 19.1. The molecule has 4 nitrogen and oxygen atoms in total. The number of hydrogen-bond acceptors (Lipinski definition) is 3. The molecule has 1 aromatic rings. The van der Waals surface area contributed by atoms with Gasteiger partial charge in [-0.25, -0.2) is 4.39 Å². The molecular weight excluding hydrogens is 223 g/mol. The summed E-state index contributed by atoms with van der Waals surface area (Å²) in [6.45, 7) is 2.04. The van der Waals surface area contributed by atoms with E-state index in [0.717, 1.165) is 12.8 Å². The maximum atomic E-state index is 13.3. The molecule has 0 aliphatic carbocycles. The normalized spacial score (nSPS) is 18.2.